The van der Waals surface area contributed by atoms with E-state index in [0.29, 0.717) is 0 Å². The van der Waals surface area contributed by atoms with Crippen molar-refractivity contribution in [2.24, 2.45) is 0 Å². The Labute approximate surface area is 113 Å². The Hall–Kier alpha value is -0.720. The highest BCUT2D eigenvalue weighted by atomic mass is 32.2. The molecule has 0 heterocycles. The van der Waals surface area contributed by atoms with Crippen LogP contribution >= 0.6 is 11.8 Å². The van der Waals surface area contributed by atoms with Crippen molar-refractivity contribution in [3.8, 4) is 0 Å². The maximum Gasteiger partial charge on any atom is 0.296 e. The van der Waals surface area contributed by atoms with Gasteiger partial charge in [0.2, 0.25) is 0 Å². The molecule has 1 aromatic carbocycles. The molecule has 101 valence electrons. The zero-order chi connectivity index (χ0) is 13.6. The first-order valence-corrected chi connectivity index (χ1v) is 8.33. The average molecular weight is 288 g/mol. The SMILES string of the molecule is CCCCCCSc1ccc([NH])c(S(=O)(=O)O)c1. The van der Waals surface area contributed by atoms with Crippen LogP contribution in [0.3, 0.4) is 0 Å². The fourth-order valence-corrected chi connectivity index (χ4v) is 3.17. The molecule has 0 aliphatic carbocycles. The van der Waals surface area contributed by atoms with Crippen molar-refractivity contribution in [3.63, 3.8) is 0 Å². The summed E-state index contributed by atoms with van der Waals surface area (Å²) in [6.07, 6.45) is 4.65. The molecule has 2 N–H and O–H groups in total. The molecule has 18 heavy (non-hydrogen) atoms. The van der Waals surface area contributed by atoms with Crippen LogP contribution in [0, 0.1) is 0 Å². The maximum absolute atomic E-state index is 11.0. The quantitative estimate of drug-likeness (QED) is 0.473. The standard InChI is InChI=1S/C12H18NO3S2/c1-2-3-4-5-8-17-10-6-7-11(13)12(9-10)18(14,15)16/h6-7,9,13H,2-5,8H2,1H3,(H,14,15,16). The van der Waals surface area contributed by atoms with Crippen LogP contribution in [-0.4, -0.2) is 18.7 Å². The molecule has 0 aliphatic heterocycles. The Bertz CT molecular complexity index is 486. The molecule has 0 aliphatic rings. The number of nitrogens with one attached hydrogen (secondary N) is 1. The molecule has 0 atom stereocenters. The summed E-state index contributed by atoms with van der Waals surface area (Å²) in [5, 5.41) is 0. The number of unbranched alkanes of at least 4 members (excludes halogenated alkanes) is 3. The molecule has 0 bridgehead atoms. The topological polar surface area (TPSA) is 78.2 Å². The van der Waals surface area contributed by atoms with E-state index < -0.39 is 10.1 Å². The van der Waals surface area contributed by atoms with Crippen LogP contribution in [0.4, 0.5) is 5.69 Å². The second-order valence-electron chi connectivity index (χ2n) is 4.04. The summed E-state index contributed by atoms with van der Waals surface area (Å²) in [6, 6.07) is 4.47. The van der Waals surface area contributed by atoms with E-state index in [1.54, 1.807) is 17.8 Å². The molecule has 0 fully saturated rings. The third kappa shape index (κ3) is 4.88. The second-order valence-corrected chi connectivity index (χ2v) is 6.60. The van der Waals surface area contributed by atoms with Crippen LogP contribution in [0.5, 0.6) is 0 Å². The van der Waals surface area contributed by atoms with Crippen LogP contribution in [0.2, 0.25) is 0 Å². The van der Waals surface area contributed by atoms with E-state index in [0.717, 1.165) is 17.1 Å². The predicted molar refractivity (Wildman–Crippen MR) is 73.9 cm³/mol. The molecular formula is C12H18NO3S2. The van der Waals surface area contributed by atoms with Crippen LogP contribution in [0.1, 0.15) is 32.6 Å². The minimum atomic E-state index is -4.30. The van der Waals surface area contributed by atoms with E-state index in [-0.39, 0.29) is 10.6 Å². The molecule has 0 amide bonds. The van der Waals surface area contributed by atoms with Gasteiger partial charge in [-0.3, -0.25) is 10.3 Å². The Morgan fingerprint density at radius 3 is 2.61 bits per heavy atom. The average Bonchev–Trinajstić information content (AvgIpc) is 2.29. The molecule has 4 nitrogen and oxygen atoms in total. The summed E-state index contributed by atoms with van der Waals surface area (Å²) in [5.41, 5.74) is 7.27. The second kappa shape index (κ2) is 7.01. The van der Waals surface area contributed by atoms with Gasteiger partial charge in [-0.05, 0) is 30.4 Å². The number of hydrogen-bond donors (Lipinski definition) is 1. The molecular weight excluding hydrogens is 270 g/mol. The van der Waals surface area contributed by atoms with Gasteiger partial charge < -0.3 is 0 Å². The Morgan fingerprint density at radius 1 is 1.28 bits per heavy atom. The number of hydrogen-bond acceptors (Lipinski definition) is 3. The number of benzene rings is 1. The minimum absolute atomic E-state index is 0.173. The summed E-state index contributed by atoms with van der Waals surface area (Å²) in [7, 11) is -4.30. The molecule has 0 aromatic heterocycles. The predicted octanol–water partition coefficient (Wildman–Crippen LogP) is 3.52. The largest absolute Gasteiger partial charge is 0.299 e. The first-order chi connectivity index (χ1) is 8.45. The van der Waals surface area contributed by atoms with Crippen molar-refractivity contribution in [3.05, 3.63) is 18.2 Å². The van der Waals surface area contributed by atoms with E-state index in [2.05, 4.69) is 6.92 Å². The Kier molecular flexibility index (Phi) is 5.98. The monoisotopic (exact) mass is 288 g/mol. The lowest BCUT2D eigenvalue weighted by Gasteiger charge is -2.05. The summed E-state index contributed by atoms with van der Waals surface area (Å²) in [4.78, 5) is 0.455. The minimum Gasteiger partial charge on any atom is -0.299 e. The van der Waals surface area contributed by atoms with Crippen molar-refractivity contribution < 1.29 is 13.0 Å². The van der Waals surface area contributed by atoms with Gasteiger partial charge in [0.1, 0.15) is 4.90 Å². The molecule has 0 spiro atoms. The Morgan fingerprint density at radius 2 is 2.00 bits per heavy atom. The zero-order valence-electron chi connectivity index (χ0n) is 10.3. The number of rotatable bonds is 7. The fourth-order valence-electron chi connectivity index (χ4n) is 1.52. The van der Waals surface area contributed by atoms with Crippen molar-refractivity contribution in [2.75, 3.05) is 5.75 Å². The highest BCUT2D eigenvalue weighted by Crippen LogP contribution is 2.27. The molecule has 1 rings (SSSR count). The van der Waals surface area contributed by atoms with Crippen LogP contribution in [-0.2, 0) is 10.1 Å². The van der Waals surface area contributed by atoms with Gasteiger partial charge in [0, 0.05) is 4.90 Å². The van der Waals surface area contributed by atoms with Gasteiger partial charge in [-0.15, -0.1) is 11.8 Å². The summed E-state index contributed by atoms with van der Waals surface area (Å²) in [6.45, 7) is 2.15. The third-order valence-corrected chi connectivity index (χ3v) is 4.47. The van der Waals surface area contributed by atoms with Crippen molar-refractivity contribution in [1.29, 1.82) is 0 Å². The normalized spacial score (nSPS) is 11.7. The summed E-state index contributed by atoms with van der Waals surface area (Å²) >= 11 is 1.55. The van der Waals surface area contributed by atoms with E-state index >= 15 is 0 Å². The summed E-state index contributed by atoms with van der Waals surface area (Å²) < 4.78 is 31.1. The van der Waals surface area contributed by atoms with Crippen molar-refractivity contribution in [2.45, 2.75) is 42.4 Å². The van der Waals surface area contributed by atoms with Gasteiger partial charge in [0.25, 0.3) is 10.1 Å². The van der Waals surface area contributed by atoms with Gasteiger partial charge in [-0.2, -0.15) is 8.42 Å². The maximum atomic E-state index is 11.0. The molecule has 0 saturated heterocycles. The first kappa shape index (κ1) is 15.3. The highest BCUT2D eigenvalue weighted by Gasteiger charge is 2.14. The third-order valence-electron chi connectivity index (χ3n) is 2.50. The van der Waals surface area contributed by atoms with E-state index in [1.165, 1.54) is 31.4 Å². The van der Waals surface area contributed by atoms with E-state index in [1.807, 2.05) is 0 Å². The van der Waals surface area contributed by atoms with Gasteiger partial charge in [-0.1, -0.05) is 26.2 Å². The molecule has 0 saturated carbocycles. The van der Waals surface area contributed by atoms with E-state index in [4.69, 9.17) is 10.3 Å². The molecule has 1 radical (unpaired) electrons. The summed E-state index contributed by atoms with van der Waals surface area (Å²) in [5.74, 6) is 0.919. The smallest absolute Gasteiger partial charge is 0.296 e. The highest BCUT2D eigenvalue weighted by molar-refractivity contribution is 7.99. The lowest BCUT2D eigenvalue weighted by molar-refractivity contribution is 0.483. The first-order valence-electron chi connectivity index (χ1n) is 5.91. The lowest BCUT2D eigenvalue weighted by Crippen LogP contribution is -1.99. The van der Waals surface area contributed by atoms with Gasteiger partial charge >= 0.3 is 0 Å². The molecule has 1 aromatic rings. The molecule has 6 heteroatoms. The Balaban J connectivity index is 2.63. The zero-order valence-corrected chi connectivity index (χ0v) is 12.0. The van der Waals surface area contributed by atoms with E-state index in [9.17, 15) is 8.42 Å². The van der Waals surface area contributed by atoms with Gasteiger partial charge in [-0.25, -0.2) is 0 Å². The van der Waals surface area contributed by atoms with Crippen molar-refractivity contribution in [1.82, 2.24) is 5.73 Å². The van der Waals surface area contributed by atoms with Crippen LogP contribution < -0.4 is 5.73 Å². The number of thioether (sulfide) groups is 1. The van der Waals surface area contributed by atoms with Crippen LogP contribution in [0.25, 0.3) is 0 Å². The fraction of sp³-hybridized carbons (Fsp3) is 0.500. The van der Waals surface area contributed by atoms with Gasteiger partial charge in [0.15, 0.2) is 0 Å². The van der Waals surface area contributed by atoms with Crippen LogP contribution in [0.15, 0.2) is 28.0 Å². The molecule has 0 unspecified atom stereocenters. The lowest BCUT2D eigenvalue weighted by atomic mass is 10.2. The van der Waals surface area contributed by atoms with Gasteiger partial charge in [0.05, 0.1) is 5.69 Å². The van der Waals surface area contributed by atoms with Crippen molar-refractivity contribution >= 4 is 27.6 Å².